The van der Waals surface area contributed by atoms with Crippen molar-refractivity contribution in [1.82, 2.24) is 30.2 Å². The summed E-state index contributed by atoms with van der Waals surface area (Å²) in [5.74, 6) is 1.80. The van der Waals surface area contributed by atoms with Crippen LogP contribution >= 0.6 is 11.6 Å². The minimum Gasteiger partial charge on any atom is -0.378 e. The number of carbonyl (C=O) groups excluding carboxylic acids is 1. The highest BCUT2D eigenvalue weighted by atomic mass is 35.5. The zero-order valence-corrected chi connectivity index (χ0v) is 16.3. The van der Waals surface area contributed by atoms with Gasteiger partial charge in [0.2, 0.25) is 11.2 Å². The summed E-state index contributed by atoms with van der Waals surface area (Å²) in [6.45, 7) is 8.91. The molecule has 0 saturated carbocycles. The van der Waals surface area contributed by atoms with E-state index in [1.165, 1.54) is 0 Å². The highest BCUT2D eigenvalue weighted by Gasteiger charge is 2.32. The van der Waals surface area contributed by atoms with E-state index in [1.807, 2.05) is 0 Å². The van der Waals surface area contributed by atoms with Gasteiger partial charge >= 0.3 is 0 Å². The van der Waals surface area contributed by atoms with Crippen LogP contribution < -0.4 is 10.2 Å². The fourth-order valence-corrected chi connectivity index (χ4v) is 3.97. The molecule has 0 bridgehead atoms. The molecule has 2 aromatic rings. The molecule has 2 aliphatic rings. The van der Waals surface area contributed by atoms with Crippen LogP contribution in [0.2, 0.25) is 5.28 Å². The Morgan fingerprint density at radius 2 is 2.00 bits per heavy atom. The number of morpholine rings is 1. The summed E-state index contributed by atoms with van der Waals surface area (Å²) in [6, 6.07) is -0.166. The molecule has 2 aromatic heterocycles. The van der Waals surface area contributed by atoms with E-state index in [2.05, 4.69) is 48.9 Å². The molecule has 2 saturated heterocycles. The Balaban J connectivity index is 1.64. The Kier molecular flexibility index (Phi) is 5.16. The second-order valence-corrected chi connectivity index (χ2v) is 7.59. The van der Waals surface area contributed by atoms with Crippen LogP contribution in [-0.2, 0) is 16.1 Å². The SMILES string of the molecule is CC(C)C1C(=O)NCCN1Cc1nc2nc(Cl)nc(N3CCOCC3)c2[nH]1. The van der Waals surface area contributed by atoms with Gasteiger partial charge in [0.05, 0.1) is 25.8 Å². The number of H-pyrrole nitrogens is 1. The lowest BCUT2D eigenvalue weighted by Gasteiger charge is -2.36. The number of nitrogens with one attached hydrogen (secondary N) is 2. The van der Waals surface area contributed by atoms with Crippen molar-refractivity contribution in [3.05, 3.63) is 11.1 Å². The fourth-order valence-electron chi connectivity index (χ4n) is 3.81. The van der Waals surface area contributed by atoms with Crippen LogP contribution in [0.3, 0.4) is 0 Å². The monoisotopic (exact) mass is 393 g/mol. The van der Waals surface area contributed by atoms with E-state index in [0.717, 1.165) is 36.8 Å². The normalized spacial score (nSPS) is 21.9. The number of hydrogen-bond acceptors (Lipinski definition) is 7. The van der Waals surface area contributed by atoms with Gasteiger partial charge in [-0.2, -0.15) is 9.97 Å². The van der Waals surface area contributed by atoms with Crippen LogP contribution in [0.4, 0.5) is 5.82 Å². The van der Waals surface area contributed by atoms with E-state index in [4.69, 9.17) is 16.3 Å². The number of ether oxygens (including phenoxy) is 1. The molecule has 4 heterocycles. The summed E-state index contributed by atoms with van der Waals surface area (Å²) < 4.78 is 5.43. The van der Waals surface area contributed by atoms with Gasteiger partial charge in [0.25, 0.3) is 0 Å². The van der Waals surface area contributed by atoms with Crippen molar-refractivity contribution in [2.45, 2.75) is 26.4 Å². The Bertz CT molecular complexity index is 834. The minimum absolute atomic E-state index is 0.0733. The summed E-state index contributed by atoms with van der Waals surface area (Å²) in [6.07, 6.45) is 0. The number of piperazine rings is 1. The van der Waals surface area contributed by atoms with Crippen LogP contribution in [-0.4, -0.2) is 76.2 Å². The molecule has 2 aliphatic heterocycles. The Morgan fingerprint density at radius 1 is 1.22 bits per heavy atom. The highest BCUT2D eigenvalue weighted by Crippen LogP contribution is 2.25. The third-order valence-corrected chi connectivity index (χ3v) is 5.18. The number of aromatic nitrogens is 4. The molecule has 0 radical (unpaired) electrons. The molecule has 0 aliphatic carbocycles. The molecule has 146 valence electrons. The largest absolute Gasteiger partial charge is 0.378 e. The summed E-state index contributed by atoms with van der Waals surface area (Å²) in [4.78, 5) is 33.2. The third kappa shape index (κ3) is 3.71. The van der Waals surface area contributed by atoms with Gasteiger partial charge < -0.3 is 19.9 Å². The van der Waals surface area contributed by atoms with Crippen LogP contribution in [0.25, 0.3) is 11.2 Å². The lowest BCUT2D eigenvalue weighted by Crippen LogP contribution is -2.56. The highest BCUT2D eigenvalue weighted by molar-refractivity contribution is 6.28. The summed E-state index contributed by atoms with van der Waals surface area (Å²) in [5.41, 5.74) is 1.33. The van der Waals surface area contributed by atoms with Gasteiger partial charge in [-0.15, -0.1) is 0 Å². The van der Waals surface area contributed by atoms with Crippen LogP contribution in [0.5, 0.6) is 0 Å². The lowest BCUT2D eigenvalue weighted by atomic mass is 10.00. The second-order valence-electron chi connectivity index (χ2n) is 7.25. The van der Waals surface area contributed by atoms with Gasteiger partial charge in [-0.1, -0.05) is 13.8 Å². The van der Waals surface area contributed by atoms with Gasteiger partial charge in [-0.05, 0) is 17.5 Å². The smallest absolute Gasteiger partial charge is 0.237 e. The molecule has 27 heavy (non-hydrogen) atoms. The number of hydrogen-bond donors (Lipinski definition) is 2. The predicted octanol–water partition coefficient (Wildman–Crippen LogP) is 0.799. The predicted molar refractivity (Wildman–Crippen MR) is 102 cm³/mol. The number of nitrogens with zero attached hydrogens (tertiary/aromatic N) is 5. The maximum absolute atomic E-state index is 12.3. The van der Waals surface area contributed by atoms with E-state index in [1.54, 1.807) is 0 Å². The molecule has 1 amide bonds. The van der Waals surface area contributed by atoms with Crippen molar-refractivity contribution >= 4 is 34.5 Å². The van der Waals surface area contributed by atoms with Crippen molar-refractivity contribution in [3.8, 4) is 0 Å². The third-order valence-electron chi connectivity index (χ3n) is 5.01. The maximum Gasteiger partial charge on any atom is 0.237 e. The number of amides is 1. The lowest BCUT2D eigenvalue weighted by molar-refractivity contribution is -0.131. The van der Waals surface area contributed by atoms with Crippen LogP contribution in [0, 0.1) is 5.92 Å². The maximum atomic E-state index is 12.3. The molecule has 10 heteroatoms. The van der Waals surface area contributed by atoms with Gasteiger partial charge in [0.15, 0.2) is 11.5 Å². The average Bonchev–Trinajstić information content (AvgIpc) is 3.03. The van der Waals surface area contributed by atoms with Crippen molar-refractivity contribution in [2.75, 3.05) is 44.3 Å². The number of carbonyl (C=O) groups is 1. The second kappa shape index (κ2) is 7.57. The summed E-state index contributed by atoms with van der Waals surface area (Å²) in [5, 5.41) is 3.13. The zero-order valence-electron chi connectivity index (χ0n) is 15.5. The van der Waals surface area contributed by atoms with E-state index in [0.29, 0.717) is 32.0 Å². The molecule has 2 fully saturated rings. The van der Waals surface area contributed by atoms with Crippen molar-refractivity contribution in [2.24, 2.45) is 5.92 Å². The first kappa shape index (κ1) is 18.4. The van der Waals surface area contributed by atoms with E-state index < -0.39 is 0 Å². The Labute approximate surface area is 162 Å². The summed E-state index contributed by atoms with van der Waals surface area (Å²) >= 11 is 6.13. The Morgan fingerprint density at radius 3 is 2.74 bits per heavy atom. The minimum atomic E-state index is -0.166. The molecular formula is C17H24ClN7O2. The first-order valence-electron chi connectivity index (χ1n) is 9.29. The van der Waals surface area contributed by atoms with Crippen molar-refractivity contribution < 1.29 is 9.53 Å². The molecule has 1 atom stereocenters. The number of rotatable bonds is 4. The van der Waals surface area contributed by atoms with E-state index >= 15 is 0 Å². The molecule has 1 unspecified atom stereocenters. The van der Waals surface area contributed by atoms with E-state index in [9.17, 15) is 4.79 Å². The zero-order chi connectivity index (χ0) is 19.0. The van der Waals surface area contributed by atoms with Gasteiger partial charge in [0.1, 0.15) is 11.3 Å². The van der Waals surface area contributed by atoms with E-state index in [-0.39, 0.29) is 23.2 Å². The molecule has 4 rings (SSSR count). The molecule has 2 N–H and O–H groups in total. The van der Waals surface area contributed by atoms with Gasteiger partial charge in [-0.3, -0.25) is 9.69 Å². The topological polar surface area (TPSA) is 99.3 Å². The number of aromatic amines is 1. The Hall–Kier alpha value is -1.97. The average molecular weight is 394 g/mol. The molecule has 9 nitrogen and oxygen atoms in total. The number of anilines is 1. The van der Waals surface area contributed by atoms with Crippen LogP contribution in [0.15, 0.2) is 0 Å². The first-order valence-corrected chi connectivity index (χ1v) is 9.67. The first-order chi connectivity index (χ1) is 13.0. The van der Waals surface area contributed by atoms with Crippen molar-refractivity contribution in [3.63, 3.8) is 0 Å². The fraction of sp³-hybridized carbons (Fsp3) is 0.647. The number of fused-ring (bicyclic) bond motifs is 1. The molecule has 0 spiro atoms. The number of imidazole rings is 1. The summed E-state index contributed by atoms with van der Waals surface area (Å²) in [7, 11) is 0. The van der Waals surface area contributed by atoms with Gasteiger partial charge in [-0.25, -0.2) is 4.98 Å². The van der Waals surface area contributed by atoms with Crippen molar-refractivity contribution in [1.29, 1.82) is 0 Å². The van der Waals surface area contributed by atoms with Crippen LogP contribution in [0.1, 0.15) is 19.7 Å². The quantitative estimate of drug-likeness (QED) is 0.741. The molecular weight excluding hydrogens is 370 g/mol. The van der Waals surface area contributed by atoms with Gasteiger partial charge in [0, 0.05) is 26.2 Å². The number of halogens is 1. The standard InChI is InChI=1S/C17H24ClN7O2/c1-10(2)13-16(26)19-3-4-25(13)9-11-20-12-14(21-11)22-17(18)23-15(12)24-5-7-27-8-6-24/h10,13H,3-9H2,1-2H3,(H,19,26)(H,20,21,22,23). The molecule has 0 aromatic carbocycles.